The van der Waals surface area contributed by atoms with Gasteiger partial charge < -0.3 is 5.32 Å². The molecule has 1 rings (SSSR count). The van der Waals surface area contributed by atoms with Crippen molar-refractivity contribution < 1.29 is 0 Å². The average molecular weight is 188 g/mol. The topological polar surface area (TPSA) is 12.0 Å². The second-order valence-electron chi connectivity index (χ2n) is 3.87. The molecule has 2 heteroatoms. The van der Waals surface area contributed by atoms with Crippen LogP contribution < -0.4 is 5.32 Å². The van der Waals surface area contributed by atoms with Gasteiger partial charge in [0.25, 0.3) is 0 Å². The van der Waals surface area contributed by atoms with E-state index in [1.165, 1.54) is 25.7 Å². The Kier molecular flexibility index (Phi) is 4.10. The van der Waals surface area contributed by atoms with Gasteiger partial charge >= 0.3 is 0 Å². The van der Waals surface area contributed by atoms with Crippen molar-refractivity contribution in [2.45, 2.75) is 38.6 Å². The molecule has 0 aliphatic heterocycles. The molecule has 1 saturated carbocycles. The largest absolute Gasteiger partial charge is 0.309 e. The molecule has 0 aromatic heterocycles. The molecule has 0 bridgehead atoms. The van der Waals surface area contributed by atoms with Gasteiger partial charge in [0.15, 0.2) is 0 Å². The summed E-state index contributed by atoms with van der Waals surface area (Å²) in [5.41, 5.74) is 0. The molecular weight excluding hydrogens is 170 g/mol. The summed E-state index contributed by atoms with van der Waals surface area (Å²) in [4.78, 5) is 0. The van der Waals surface area contributed by atoms with Crippen LogP contribution in [0.5, 0.6) is 0 Å². The molecule has 70 valence electrons. The SMILES string of the molecule is C=C(Cl)CNC1CCCC(C)C1. The normalized spacial score (nSPS) is 30.2. The zero-order valence-corrected chi connectivity index (χ0v) is 8.53. The van der Waals surface area contributed by atoms with E-state index in [0.29, 0.717) is 11.1 Å². The van der Waals surface area contributed by atoms with Gasteiger partial charge in [0.1, 0.15) is 0 Å². The molecule has 0 saturated heterocycles. The van der Waals surface area contributed by atoms with Gasteiger partial charge in [0.2, 0.25) is 0 Å². The van der Waals surface area contributed by atoms with Gasteiger partial charge in [-0.3, -0.25) is 0 Å². The van der Waals surface area contributed by atoms with Crippen LogP contribution in [0.1, 0.15) is 32.6 Å². The molecule has 12 heavy (non-hydrogen) atoms. The second-order valence-corrected chi connectivity index (χ2v) is 4.40. The minimum atomic E-state index is 0.671. The smallest absolute Gasteiger partial charge is 0.0310 e. The second kappa shape index (κ2) is 4.88. The summed E-state index contributed by atoms with van der Waals surface area (Å²) in [7, 11) is 0. The molecule has 1 fully saturated rings. The van der Waals surface area contributed by atoms with E-state index in [-0.39, 0.29) is 0 Å². The van der Waals surface area contributed by atoms with Crippen LogP contribution in [0, 0.1) is 5.92 Å². The molecule has 0 amide bonds. The Bertz CT molecular complexity index is 156. The molecule has 0 spiro atoms. The van der Waals surface area contributed by atoms with Crippen molar-refractivity contribution in [2.24, 2.45) is 5.92 Å². The van der Waals surface area contributed by atoms with Gasteiger partial charge in [0.05, 0.1) is 0 Å². The summed E-state index contributed by atoms with van der Waals surface area (Å²) < 4.78 is 0. The minimum absolute atomic E-state index is 0.671. The van der Waals surface area contributed by atoms with Crippen LogP contribution in [0.2, 0.25) is 0 Å². The quantitative estimate of drug-likeness (QED) is 0.717. The Labute approximate surface area is 80.2 Å². The van der Waals surface area contributed by atoms with E-state index in [0.717, 1.165) is 12.5 Å². The highest BCUT2D eigenvalue weighted by atomic mass is 35.5. The van der Waals surface area contributed by atoms with Crippen LogP contribution in [0.3, 0.4) is 0 Å². The molecule has 0 heterocycles. The Hall–Kier alpha value is -0.0100. The maximum atomic E-state index is 5.68. The fourth-order valence-corrected chi connectivity index (χ4v) is 1.95. The van der Waals surface area contributed by atoms with Crippen molar-refractivity contribution in [3.05, 3.63) is 11.6 Å². The molecule has 0 aromatic rings. The Morgan fingerprint density at radius 3 is 2.92 bits per heavy atom. The van der Waals surface area contributed by atoms with Gasteiger partial charge in [-0.2, -0.15) is 0 Å². The van der Waals surface area contributed by atoms with Crippen LogP contribution in [0.25, 0.3) is 0 Å². The first-order chi connectivity index (χ1) is 5.68. The number of hydrogen-bond acceptors (Lipinski definition) is 1. The van der Waals surface area contributed by atoms with Gasteiger partial charge in [-0.15, -0.1) is 0 Å². The molecule has 1 nitrogen and oxygen atoms in total. The van der Waals surface area contributed by atoms with Gasteiger partial charge in [0, 0.05) is 17.6 Å². The number of nitrogens with one attached hydrogen (secondary N) is 1. The predicted molar refractivity (Wildman–Crippen MR) is 54.4 cm³/mol. The van der Waals surface area contributed by atoms with Crippen molar-refractivity contribution in [2.75, 3.05) is 6.54 Å². The Morgan fingerprint density at radius 1 is 1.58 bits per heavy atom. The van der Waals surface area contributed by atoms with Crippen molar-refractivity contribution in [1.29, 1.82) is 0 Å². The molecule has 2 unspecified atom stereocenters. The molecule has 1 aliphatic carbocycles. The zero-order chi connectivity index (χ0) is 8.97. The van der Waals surface area contributed by atoms with E-state index in [1.807, 2.05) is 0 Å². The molecule has 0 aromatic carbocycles. The monoisotopic (exact) mass is 187 g/mol. The van der Waals surface area contributed by atoms with Crippen LogP contribution in [0.15, 0.2) is 11.6 Å². The van der Waals surface area contributed by atoms with Crippen molar-refractivity contribution in [3.8, 4) is 0 Å². The third kappa shape index (κ3) is 3.59. The zero-order valence-electron chi connectivity index (χ0n) is 7.78. The lowest BCUT2D eigenvalue weighted by Crippen LogP contribution is -2.34. The summed E-state index contributed by atoms with van der Waals surface area (Å²) in [5, 5.41) is 4.14. The van der Waals surface area contributed by atoms with E-state index < -0.39 is 0 Å². The number of halogens is 1. The Balaban J connectivity index is 2.18. The van der Waals surface area contributed by atoms with Crippen molar-refractivity contribution >= 4 is 11.6 Å². The standard InChI is InChI=1S/C10H18ClN/c1-8-4-3-5-10(6-8)12-7-9(2)11/h8,10,12H,2-7H2,1H3. The first kappa shape index (κ1) is 10.1. The van der Waals surface area contributed by atoms with Gasteiger partial charge in [-0.1, -0.05) is 37.9 Å². The lowest BCUT2D eigenvalue weighted by Gasteiger charge is -2.27. The predicted octanol–water partition coefficient (Wildman–Crippen LogP) is 2.91. The first-order valence-electron chi connectivity index (χ1n) is 4.75. The molecular formula is C10H18ClN. The lowest BCUT2D eigenvalue weighted by molar-refractivity contribution is 0.308. The van der Waals surface area contributed by atoms with Crippen LogP contribution in [-0.2, 0) is 0 Å². The van der Waals surface area contributed by atoms with E-state index >= 15 is 0 Å². The fourth-order valence-electron chi connectivity index (χ4n) is 1.87. The summed E-state index contributed by atoms with van der Waals surface area (Å²) >= 11 is 5.68. The van der Waals surface area contributed by atoms with E-state index in [4.69, 9.17) is 11.6 Å². The average Bonchev–Trinajstić information content (AvgIpc) is 2.01. The minimum Gasteiger partial charge on any atom is -0.309 e. The van der Waals surface area contributed by atoms with Crippen LogP contribution >= 0.6 is 11.6 Å². The first-order valence-corrected chi connectivity index (χ1v) is 5.13. The van der Waals surface area contributed by atoms with Gasteiger partial charge in [-0.25, -0.2) is 0 Å². The third-order valence-corrected chi connectivity index (χ3v) is 2.65. The van der Waals surface area contributed by atoms with E-state index in [2.05, 4.69) is 18.8 Å². The maximum Gasteiger partial charge on any atom is 0.0310 e. The highest BCUT2D eigenvalue weighted by molar-refractivity contribution is 6.29. The summed E-state index contributed by atoms with van der Waals surface area (Å²) in [5.74, 6) is 0.875. The molecule has 0 radical (unpaired) electrons. The molecule has 2 atom stereocenters. The van der Waals surface area contributed by atoms with E-state index in [1.54, 1.807) is 0 Å². The van der Waals surface area contributed by atoms with Crippen molar-refractivity contribution in [3.63, 3.8) is 0 Å². The maximum absolute atomic E-state index is 5.68. The Morgan fingerprint density at radius 2 is 2.33 bits per heavy atom. The highest BCUT2D eigenvalue weighted by Gasteiger charge is 2.17. The van der Waals surface area contributed by atoms with Crippen molar-refractivity contribution in [1.82, 2.24) is 5.32 Å². The summed E-state index contributed by atoms with van der Waals surface area (Å²) in [6, 6.07) is 0.671. The number of rotatable bonds is 3. The lowest BCUT2D eigenvalue weighted by atomic mass is 9.87. The highest BCUT2D eigenvalue weighted by Crippen LogP contribution is 2.23. The number of hydrogen-bond donors (Lipinski definition) is 1. The molecule has 1 N–H and O–H groups in total. The fraction of sp³-hybridized carbons (Fsp3) is 0.800. The van der Waals surface area contributed by atoms with Crippen LogP contribution in [-0.4, -0.2) is 12.6 Å². The summed E-state index contributed by atoms with van der Waals surface area (Å²) in [6.45, 7) is 6.75. The van der Waals surface area contributed by atoms with E-state index in [9.17, 15) is 0 Å². The summed E-state index contributed by atoms with van der Waals surface area (Å²) in [6.07, 6.45) is 5.34. The molecule has 1 aliphatic rings. The van der Waals surface area contributed by atoms with Crippen LogP contribution in [0.4, 0.5) is 0 Å². The van der Waals surface area contributed by atoms with Gasteiger partial charge in [-0.05, 0) is 18.8 Å². The third-order valence-electron chi connectivity index (χ3n) is 2.52.